The maximum absolute atomic E-state index is 13.2. The molecule has 0 saturated heterocycles. The van der Waals surface area contributed by atoms with Crippen LogP contribution in [-0.2, 0) is 19.7 Å². The Bertz CT molecular complexity index is 953. The van der Waals surface area contributed by atoms with Gasteiger partial charge in [0.1, 0.15) is 12.4 Å². The summed E-state index contributed by atoms with van der Waals surface area (Å²) in [6.07, 6.45) is 0. The predicted octanol–water partition coefficient (Wildman–Crippen LogP) is 6.51. The molecule has 29 heavy (non-hydrogen) atoms. The Balaban J connectivity index is 1.69. The van der Waals surface area contributed by atoms with E-state index in [1.54, 1.807) is 6.07 Å². The average molecular weight is 479 g/mol. The molecular formula is C23H22BrClFNO2. The molecule has 152 valence electrons. The number of hydrogen-bond donors (Lipinski definition) is 1. The first-order chi connectivity index (χ1) is 14.1. The number of rotatable bonds is 9. The van der Waals surface area contributed by atoms with Crippen LogP contribution < -0.4 is 14.8 Å². The van der Waals surface area contributed by atoms with Crippen molar-refractivity contribution in [3.05, 3.63) is 92.7 Å². The standard InChI is InChI=1S/C23H22BrClFNO2/c1-2-28-22-10-18(14-27-13-16-6-4-3-5-7-16)20(24)12-23(22)29-15-17-8-9-19(26)11-21(17)25/h3-12,27H,2,13-15H2,1H3. The molecule has 0 unspecified atom stereocenters. The van der Waals surface area contributed by atoms with Gasteiger partial charge in [0, 0.05) is 23.1 Å². The minimum atomic E-state index is -0.371. The fraction of sp³-hybridized carbons (Fsp3) is 0.217. The second-order valence-corrected chi connectivity index (χ2v) is 7.70. The molecule has 0 amide bonds. The average Bonchev–Trinajstić information content (AvgIpc) is 2.71. The predicted molar refractivity (Wildman–Crippen MR) is 118 cm³/mol. The van der Waals surface area contributed by atoms with E-state index in [-0.39, 0.29) is 12.4 Å². The van der Waals surface area contributed by atoms with Crippen molar-refractivity contribution in [2.75, 3.05) is 6.61 Å². The number of hydrogen-bond acceptors (Lipinski definition) is 3. The molecule has 0 fully saturated rings. The van der Waals surface area contributed by atoms with Gasteiger partial charge in [-0.2, -0.15) is 0 Å². The zero-order valence-electron chi connectivity index (χ0n) is 16.1. The van der Waals surface area contributed by atoms with Crippen molar-refractivity contribution in [3.8, 4) is 11.5 Å². The third-order valence-corrected chi connectivity index (χ3v) is 5.39. The molecule has 3 aromatic rings. The molecule has 0 aliphatic rings. The lowest BCUT2D eigenvalue weighted by molar-refractivity contribution is 0.268. The summed E-state index contributed by atoms with van der Waals surface area (Å²) in [5, 5.41) is 3.78. The van der Waals surface area contributed by atoms with E-state index < -0.39 is 0 Å². The van der Waals surface area contributed by atoms with Crippen molar-refractivity contribution >= 4 is 27.5 Å². The number of ether oxygens (including phenoxy) is 2. The summed E-state index contributed by atoms with van der Waals surface area (Å²) in [6, 6.07) is 18.4. The summed E-state index contributed by atoms with van der Waals surface area (Å²) in [6.45, 7) is 4.12. The molecule has 3 rings (SSSR count). The summed E-state index contributed by atoms with van der Waals surface area (Å²) in [5.41, 5.74) is 3.00. The van der Waals surface area contributed by atoms with Crippen LogP contribution in [0.5, 0.6) is 11.5 Å². The lowest BCUT2D eigenvalue weighted by Crippen LogP contribution is -2.13. The summed E-state index contributed by atoms with van der Waals surface area (Å²) < 4.78 is 25.8. The van der Waals surface area contributed by atoms with Crippen molar-refractivity contribution in [2.45, 2.75) is 26.6 Å². The Morgan fingerprint density at radius 2 is 1.69 bits per heavy atom. The Labute approximate surface area is 183 Å². The van der Waals surface area contributed by atoms with Gasteiger partial charge in [-0.05, 0) is 42.3 Å². The lowest BCUT2D eigenvalue weighted by atomic mass is 10.1. The molecule has 0 aliphatic carbocycles. The van der Waals surface area contributed by atoms with Crippen LogP contribution in [0.4, 0.5) is 4.39 Å². The highest BCUT2D eigenvalue weighted by Crippen LogP contribution is 2.35. The second-order valence-electron chi connectivity index (χ2n) is 6.44. The Hall–Kier alpha value is -2.08. The van der Waals surface area contributed by atoms with Crippen LogP contribution in [0, 0.1) is 5.82 Å². The van der Waals surface area contributed by atoms with Crippen LogP contribution in [0.1, 0.15) is 23.6 Å². The first-order valence-corrected chi connectivity index (χ1v) is 10.5. The topological polar surface area (TPSA) is 30.5 Å². The van der Waals surface area contributed by atoms with Gasteiger partial charge in [0.2, 0.25) is 0 Å². The normalized spacial score (nSPS) is 10.8. The van der Waals surface area contributed by atoms with Crippen LogP contribution in [0.15, 0.2) is 65.1 Å². The maximum atomic E-state index is 13.2. The van der Waals surface area contributed by atoms with Crippen molar-refractivity contribution in [1.82, 2.24) is 5.32 Å². The highest BCUT2D eigenvalue weighted by atomic mass is 79.9. The molecular weight excluding hydrogens is 457 g/mol. The minimum Gasteiger partial charge on any atom is -0.490 e. The lowest BCUT2D eigenvalue weighted by Gasteiger charge is -2.16. The van der Waals surface area contributed by atoms with Gasteiger partial charge in [-0.25, -0.2) is 4.39 Å². The van der Waals surface area contributed by atoms with E-state index >= 15 is 0 Å². The Kier molecular flexibility index (Phi) is 7.92. The molecule has 1 N–H and O–H groups in total. The quantitative estimate of drug-likeness (QED) is 0.380. The van der Waals surface area contributed by atoms with Crippen LogP contribution >= 0.6 is 27.5 Å². The van der Waals surface area contributed by atoms with Crippen molar-refractivity contribution in [2.24, 2.45) is 0 Å². The largest absolute Gasteiger partial charge is 0.490 e. The molecule has 0 saturated carbocycles. The number of nitrogens with one attached hydrogen (secondary N) is 1. The van der Waals surface area contributed by atoms with E-state index in [4.69, 9.17) is 21.1 Å². The third-order valence-electron chi connectivity index (χ3n) is 4.30. The van der Waals surface area contributed by atoms with Gasteiger partial charge >= 0.3 is 0 Å². The van der Waals surface area contributed by atoms with Crippen LogP contribution in [0.3, 0.4) is 0 Å². The van der Waals surface area contributed by atoms with Crippen LogP contribution in [0.25, 0.3) is 0 Å². The van der Waals surface area contributed by atoms with E-state index in [2.05, 4.69) is 33.4 Å². The van der Waals surface area contributed by atoms with Crippen LogP contribution in [0.2, 0.25) is 5.02 Å². The zero-order chi connectivity index (χ0) is 20.6. The van der Waals surface area contributed by atoms with E-state index in [1.165, 1.54) is 17.7 Å². The smallest absolute Gasteiger partial charge is 0.162 e. The molecule has 0 radical (unpaired) electrons. The fourth-order valence-corrected chi connectivity index (χ4v) is 3.51. The summed E-state index contributed by atoms with van der Waals surface area (Å²) >= 11 is 9.71. The SMILES string of the molecule is CCOc1cc(CNCc2ccccc2)c(Br)cc1OCc1ccc(F)cc1Cl. The molecule has 6 heteroatoms. The number of benzene rings is 3. The molecule has 0 bridgehead atoms. The summed E-state index contributed by atoms with van der Waals surface area (Å²) in [4.78, 5) is 0. The minimum absolute atomic E-state index is 0.219. The Morgan fingerprint density at radius 1 is 0.931 bits per heavy atom. The van der Waals surface area contributed by atoms with Crippen LogP contribution in [-0.4, -0.2) is 6.61 Å². The first kappa shape index (κ1) is 21.6. The maximum Gasteiger partial charge on any atom is 0.162 e. The molecule has 0 aliphatic heterocycles. The van der Waals surface area contributed by atoms with Gasteiger partial charge in [-0.3, -0.25) is 0 Å². The molecule has 3 aromatic carbocycles. The first-order valence-electron chi connectivity index (χ1n) is 9.33. The highest BCUT2D eigenvalue weighted by molar-refractivity contribution is 9.10. The van der Waals surface area contributed by atoms with E-state index in [1.807, 2.05) is 37.3 Å². The molecule has 0 atom stereocenters. The van der Waals surface area contributed by atoms with Crippen molar-refractivity contribution in [3.63, 3.8) is 0 Å². The van der Waals surface area contributed by atoms with Gasteiger partial charge < -0.3 is 14.8 Å². The highest BCUT2D eigenvalue weighted by Gasteiger charge is 2.12. The second kappa shape index (κ2) is 10.6. The van der Waals surface area contributed by atoms with E-state index in [0.29, 0.717) is 35.2 Å². The summed E-state index contributed by atoms with van der Waals surface area (Å²) in [5.74, 6) is 0.889. The zero-order valence-corrected chi connectivity index (χ0v) is 18.4. The monoisotopic (exact) mass is 477 g/mol. The molecule has 3 nitrogen and oxygen atoms in total. The fourth-order valence-electron chi connectivity index (χ4n) is 2.83. The molecule has 0 heterocycles. The molecule has 0 aromatic heterocycles. The van der Waals surface area contributed by atoms with E-state index in [9.17, 15) is 4.39 Å². The summed E-state index contributed by atoms with van der Waals surface area (Å²) in [7, 11) is 0. The van der Waals surface area contributed by atoms with Gasteiger partial charge in [0.05, 0.1) is 11.6 Å². The number of halogens is 3. The Morgan fingerprint density at radius 3 is 2.41 bits per heavy atom. The van der Waals surface area contributed by atoms with Crippen molar-refractivity contribution < 1.29 is 13.9 Å². The third kappa shape index (κ3) is 6.20. The van der Waals surface area contributed by atoms with Gasteiger partial charge in [0.25, 0.3) is 0 Å². The van der Waals surface area contributed by atoms with Gasteiger partial charge in [0.15, 0.2) is 11.5 Å². The molecule has 0 spiro atoms. The van der Waals surface area contributed by atoms with E-state index in [0.717, 1.165) is 16.6 Å². The van der Waals surface area contributed by atoms with Crippen molar-refractivity contribution in [1.29, 1.82) is 0 Å². The van der Waals surface area contributed by atoms with Gasteiger partial charge in [-0.1, -0.05) is 63.9 Å². The van der Waals surface area contributed by atoms with Gasteiger partial charge in [-0.15, -0.1) is 0 Å².